The summed E-state index contributed by atoms with van der Waals surface area (Å²) in [5, 5.41) is 2.94. The van der Waals surface area contributed by atoms with Crippen LogP contribution in [0.5, 0.6) is 0 Å². The fourth-order valence-electron chi connectivity index (χ4n) is 2.42. The highest BCUT2D eigenvalue weighted by Crippen LogP contribution is 2.16. The van der Waals surface area contributed by atoms with Crippen molar-refractivity contribution >= 4 is 17.7 Å². The highest BCUT2D eigenvalue weighted by atomic mass is 32.2. The van der Waals surface area contributed by atoms with Gasteiger partial charge in [-0.25, -0.2) is 0 Å². The molecular weight excluding hydrogens is 268 g/mol. The van der Waals surface area contributed by atoms with Gasteiger partial charge in [0.25, 0.3) is 0 Å². The van der Waals surface area contributed by atoms with Crippen molar-refractivity contribution in [2.24, 2.45) is 5.73 Å². The summed E-state index contributed by atoms with van der Waals surface area (Å²) in [7, 11) is 0. The van der Waals surface area contributed by atoms with E-state index in [1.165, 1.54) is 22.3 Å². The van der Waals surface area contributed by atoms with Gasteiger partial charge in [-0.15, -0.1) is 0 Å². The van der Waals surface area contributed by atoms with E-state index in [1.54, 1.807) is 11.8 Å². The first-order chi connectivity index (χ1) is 9.45. The molecule has 0 radical (unpaired) electrons. The third-order valence-corrected chi connectivity index (χ3v) is 4.13. The van der Waals surface area contributed by atoms with E-state index in [1.807, 2.05) is 6.26 Å². The van der Waals surface area contributed by atoms with Crippen molar-refractivity contribution in [1.29, 1.82) is 0 Å². The zero-order valence-corrected chi connectivity index (χ0v) is 13.8. The minimum atomic E-state index is -0.386. The van der Waals surface area contributed by atoms with Crippen LogP contribution in [0.4, 0.5) is 0 Å². The molecule has 3 nitrogen and oxygen atoms in total. The molecule has 0 aliphatic heterocycles. The van der Waals surface area contributed by atoms with E-state index in [2.05, 4.69) is 38.2 Å². The number of rotatable bonds is 7. The van der Waals surface area contributed by atoms with Gasteiger partial charge in [-0.3, -0.25) is 4.79 Å². The minimum Gasteiger partial charge on any atom is -0.354 e. The number of nitrogens with two attached hydrogens (primary N) is 1. The maximum absolute atomic E-state index is 11.8. The van der Waals surface area contributed by atoms with Gasteiger partial charge in [0.15, 0.2) is 0 Å². The van der Waals surface area contributed by atoms with Gasteiger partial charge in [0.05, 0.1) is 6.04 Å². The molecule has 0 spiro atoms. The third kappa shape index (κ3) is 5.17. The van der Waals surface area contributed by atoms with Gasteiger partial charge >= 0.3 is 0 Å². The lowest BCUT2D eigenvalue weighted by Gasteiger charge is -2.14. The highest BCUT2D eigenvalue weighted by molar-refractivity contribution is 7.98. The number of hydrogen-bond donors (Lipinski definition) is 2. The van der Waals surface area contributed by atoms with Crippen LogP contribution in [0, 0.1) is 20.8 Å². The van der Waals surface area contributed by atoms with Crippen molar-refractivity contribution in [2.75, 3.05) is 18.6 Å². The maximum atomic E-state index is 11.8. The Morgan fingerprint density at radius 1 is 1.30 bits per heavy atom. The lowest BCUT2D eigenvalue weighted by atomic mass is 9.97. The van der Waals surface area contributed by atoms with E-state index in [0.29, 0.717) is 6.54 Å². The smallest absolute Gasteiger partial charge is 0.236 e. The molecule has 0 aromatic heterocycles. The highest BCUT2D eigenvalue weighted by Gasteiger charge is 2.12. The molecule has 1 atom stereocenters. The molecule has 3 N–H and O–H groups in total. The molecule has 4 heteroatoms. The zero-order chi connectivity index (χ0) is 15.1. The van der Waals surface area contributed by atoms with Crippen LogP contribution in [0.3, 0.4) is 0 Å². The second-order valence-electron chi connectivity index (χ2n) is 5.31. The molecule has 112 valence electrons. The normalized spacial score (nSPS) is 12.2. The predicted octanol–water partition coefficient (Wildman–Crippen LogP) is 2.35. The van der Waals surface area contributed by atoms with Gasteiger partial charge in [0, 0.05) is 6.54 Å². The van der Waals surface area contributed by atoms with Crippen LogP contribution in [-0.4, -0.2) is 30.5 Å². The van der Waals surface area contributed by atoms with Gasteiger partial charge < -0.3 is 11.1 Å². The molecule has 1 amide bonds. The van der Waals surface area contributed by atoms with Gasteiger partial charge in [0.1, 0.15) is 0 Å². The molecule has 20 heavy (non-hydrogen) atoms. The van der Waals surface area contributed by atoms with Gasteiger partial charge in [-0.2, -0.15) is 11.8 Å². The number of aryl methyl sites for hydroxylation is 3. The molecule has 0 heterocycles. The first-order valence-corrected chi connectivity index (χ1v) is 8.44. The Morgan fingerprint density at radius 3 is 2.45 bits per heavy atom. The summed E-state index contributed by atoms with van der Waals surface area (Å²) in [6.07, 6.45) is 3.61. The molecule has 0 fully saturated rings. The number of amides is 1. The largest absolute Gasteiger partial charge is 0.354 e. The van der Waals surface area contributed by atoms with Gasteiger partial charge in [0.2, 0.25) is 5.91 Å². The molecule has 1 aromatic carbocycles. The van der Waals surface area contributed by atoms with E-state index < -0.39 is 0 Å². The SMILES string of the molecule is CSCC[C@H](N)C(=O)NCCc1c(C)cc(C)cc1C. The van der Waals surface area contributed by atoms with Gasteiger partial charge in [-0.1, -0.05) is 17.7 Å². The van der Waals surface area contributed by atoms with Crippen LogP contribution < -0.4 is 11.1 Å². The molecule has 0 aliphatic carbocycles. The van der Waals surface area contributed by atoms with Crippen molar-refractivity contribution in [1.82, 2.24) is 5.32 Å². The summed E-state index contributed by atoms with van der Waals surface area (Å²) in [5.41, 5.74) is 11.0. The lowest BCUT2D eigenvalue weighted by molar-refractivity contribution is -0.122. The van der Waals surface area contributed by atoms with Crippen LogP contribution in [0.1, 0.15) is 28.7 Å². The predicted molar refractivity (Wildman–Crippen MR) is 88.3 cm³/mol. The number of benzene rings is 1. The second kappa shape index (κ2) is 8.32. The van der Waals surface area contributed by atoms with E-state index in [4.69, 9.17) is 5.73 Å². The lowest BCUT2D eigenvalue weighted by Crippen LogP contribution is -2.41. The van der Waals surface area contributed by atoms with Crippen LogP contribution in [0.15, 0.2) is 12.1 Å². The van der Waals surface area contributed by atoms with Crippen molar-refractivity contribution in [3.63, 3.8) is 0 Å². The van der Waals surface area contributed by atoms with E-state index in [0.717, 1.165) is 18.6 Å². The average molecular weight is 294 g/mol. The summed E-state index contributed by atoms with van der Waals surface area (Å²) in [6.45, 7) is 7.01. The zero-order valence-electron chi connectivity index (χ0n) is 13.0. The summed E-state index contributed by atoms with van der Waals surface area (Å²) in [6, 6.07) is 3.99. The fraction of sp³-hybridized carbons (Fsp3) is 0.562. The number of hydrogen-bond acceptors (Lipinski definition) is 3. The molecule has 0 aliphatic rings. The Labute approximate surface area is 126 Å². The first-order valence-electron chi connectivity index (χ1n) is 7.04. The molecule has 1 aromatic rings. The first kappa shape index (κ1) is 17.1. The fourth-order valence-corrected chi connectivity index (χ4v) is 2.91. The monoisotopic (exact) mass is 294 g/mol. The van der Waals surface area contributed by atoms with Crippen LogP contribution in [0.2, 0.25) is 0 Å². The van der Waals surface area contributed by atoms with Crippen molar-refractivity contribution in [3.8, 4) is 0 Å². The van der Waals surface area contributed by atoms with Crippen molar-refractivity contribution in [2.45, 2.75) is 39.7 Å². The number of carbonyl (C=O) groups is 1. The molecule has 0 saturated carbocycles. The Bertz CT molecular complexity index is 437. The maximum Gasteiger partial charge on any atom is 0.236 e. The second-order valence-corrected chi connectivity index (χ2v) is 6.29. The molecule has 1 rings (SSSR count). The Kier molecular flexibility index (Phi) is 7.10. The average Bonchev–Trinajstić information content (AvgIpc) is 2.38. The van der Waals surface area contributed by atoms with Crippen LogP contribution in [-0.2, 0) is 11.2 Å². The van der Waals surface area contributed by atoms with E-state index in [-0.39, 0.29) is 11.9 Å². The van der Waals surface area contributed by atoms with Crippen LogP contribution in [0.25, 0.3) is 0 Å². The summed E-state index contributed by atoms with van der Waals surface area (Å²) in [5.74, 6) is 0.881. The molecule has 0 saturated heterocycles. The van der Waals surface area contributed by atoms with Crippen LogP contribution >= 0.6 is 11.8 Å². The van der Waals surface area contributed by atoms with Gasteiger partial charge in [-0.05, 0) is 62.3 Å². The summed E-state index contributed by atoms with van der Waals surface area (Å²) >= 11 is 1.71. The van der Waals surface area contributed by atoms with Crippen molar-refractivity contribution < 1.29 is 4.79 Å². The number of nitrogens with one attached hydrogen (secondary N) is 1. The summed E-state index contributed by atoms with van der Waals surface area (Å²) < 4.78 is 0. The Morgan fingerprint density at radius 2 is 1.90 bits per heavy atom. The number of carbonyl (C=O) groups excluding carboxylic acids is 1. The number of thioether (sulfide) groups is 1. The quantitative estimate of drug-likeness (QED) is 0.811. The van der Waals surface area contributed by atoms with E-state index in [9.17, 15) is 4.79 Å². The Balaban J connectivity index is 2.47. The molecule has 0 bridgehead atoms. The minimum absolute atomic E-state index is 0.0403. The topological polar surface area (TPSA) is 55.1 Å². The molecule has 0 unspecified atom stereocenters. The van der Waals surface area contributed by atoms with E-state index >= 15 is 0 Å². The summed E-state index contributed by atoms with van der Waals surface area (Å²) in [4.78, 5) is 11.8. The molecular formula is C16H26N2OS. The standard InChI is InChI=1S/C16H26N2OS/c1-11-9-12(2)14(13(3)10-11)5-7-18-16(19)15(17)6-8-20-4/h9-10,15H,5-8,17H2,1-4H3,(H,18,19)/t15-/m0/s1. The Hall–Kier alpha value is -1.00. The van der Waals surface area contributed by atoms with Crippen molar-refractivity contribution in [3.05, 3.63) is 34.4 Å². The third-order valence-electron chi connectivity index (χ3n) is 3.48.